The first-order valence-corrected chi connectivity index (χ1v) is 8.01. The smallest absolute Gasteiger partial charge is 0.331 e. The predicted octanol–water partition coefficient (Wildman–Crippen LogP) is 1.89. The van der Waals surface area contributed by atoms with Gasteiger partial charge in [0.05, 0.1) is 21.3 Å². The molecule has 7 heteroatoms. The van der Waals surface area contributed by atoms with Crippen molar-refractivity contribution in [1.29, 1.82) is 0 Å². The van der Waals surface area contributed by atoms with Gasteiger partial charge in [0.15, 0.2) is 18.1 Å². The molecule has 1 heterocycles. The Hall–Kier alpha value is -2.70. The lowest BCUT2D eigenvalue weighted by molar-refractivity contribution is -0.147. The minimum absolute atomic E-state index is 0.160. The number of methoxy groups -OCH3 is 3. The van der Waals surface area contributed by atoms with Crippen LogP contribution in [0, 0.1) is 0 Å². The molecule has 0 spiro atoms. The maximum absolute atomic E-state index is 11.8. The normalized spacial score (nSPS) is 13.8. The van der Waals surface area contributed by atoms with Crippen LogP contribution in [-0.2, 0) is 14.3 Å². The first-order chi connectivity index (χ1) is 12.1. The number of nitrogens with zero attached hydrogens (tertiary/aromatic N) is 1. The quantitative estimate of drug-likeness (QED) is 0.553. The summed E-state index contributed by atoms with van der Waals surface area (Å²) in [6.07, 6.45) is 4.83. The third-order valence-corrected chi connectivity index (χ3v) is 3.90. The van der Waals surface area contributed by atoms with Gasteiger partial charge in [-0.15, -0.1) is 0 Å². The molecule has 1 aromatic carbocycles. The fraction of sp³-hybridized carbons (Fsp3) is 0.444. The second-order valence-corrected chi connectivity index (χ2v) is 5.49. The average molecular weight is 349 g/mol. The Kier molecular flexibility index (Phi) is 6.68. The van der Waals surface area contributed by atoms with Gasteiger partial charge in [-0.1, -0.05) is 0 Å². The van der Waals surface area contributed by atoms with Crippen molar-refractivity contribution in [1.82, 2.24) is 4.90 Å². The summed E-state index contributed by atoms with van der Waals surface area (Å²) in [5, 5.41) is 0. The number of likely N-dealkylation sites (tertiary alicyclic amines) is 1. The molecule has 0 unspecified atom stereocenters. The Morgan fingerprint density at radius 2 is 1.64 bits per heavy atom. The van der Waals surface area contributed by atoms with E-state index in [0.29, 0.717) is 22.8 Å². The maximum atomic E-state index is 11.8. The fourth-order valence-electron chi connectivity index (χ4n) is 2.60. The van der Waals surface area contributed by atoms with E-state index >= 15 is 0 Å². The highest BCUT2D eigenvalue weighted by Crippen LogP contribution is 2.38. The lowest BCUT2D eigenvalue weighted by Gasteiger charge is -2.14. The largest absolute Gasteiger partial charge is 0.493 e. The Morgan fingerprint density at radius 1 is 1.04 bits per heavy atom. The van der Waals surface area contributed by atoms with Crippen LogP contribution < -0.4 is 14.2 Å². The fourth-order valence-corrected chi connectivity index (χ4v) is 2.60. The molecule has 7 nitrogen and oxygen atoms in total. The standard InChI is InChI=1S/C18H23NO6/c1-22-14-10-13(11-15(23-2)18(14)24-3)6-7-17(21)25-12-16(20)19-8-4-5-9-19/h6-7,10-11H,4-5,8-9,12H2,1-3H3/b7-6+. The molecule has 1 saturated heterocycles. The van der Waals surface area contributed by atoms with E-state index in [4.69, 9.17) is 18.9 Å². The molecule has 1 aliphatic heterocycles. The first-order valence-electron chi connectivity index (χ1n) is 8.01. The van der Waals surface area contributed by atoms with Crippen molar-refractivity contribution in [2.45, 2.75) is 12.8 Å². The summed E-state index contributed by atoms with van der Waals surface area (Å²) in [5.74, 6) is 0.701. The van der Waals surface area contributed by atoms with Crippen LogP contribution in [0.25, 0.3) is 6.08 Å². The molecule has 136 valence electrons. The zero-order valence-corrected chi connectivity index (χ0v) is 14.7. The van der Waals surface area contributed by atoms with E-state index in [0.717, 1.165) is 25.9 Å². The van der Waals surface area contributed by atoms with E-state index in [-0.39, 0.29) is 12.5 Å². The van der Waals surface area contributed by atoms with Crippen LogP contribution in [0.4, 0.5) is 0 Å². The van der Waals surface area contributed by atoms with Crippen LogP contribution in [-0.4, -0.2) is 57.8 Å². The molecule has 1 aliphatic rings. The van der Waals surface area contributed by atoms with Crippen LogP contribution in [0.2, 0.25) is 0 Å². The van der Waals surface area contributed by atoms with E-state index < -0.39 is 5.97 Å². The van der Waals surface area contributed by atoms with Crippen LogP contribution in [0.3, 0.4) is 0 Å². The van der Waals surface area contributed by atoms with Gasteiger partial charge in [0.2, 0.25) is 5.75 Å². The minimum Gasteiger partial charge on any atom is -0.493 e. The summed E-state index contributed by atoms with van der Waals surface area (Å²) >= 11 is 0. The monoisotopic (exact) mass is 349 g/mol. The Labute approximate surface area is 147 Å². The lowest BCUT2D eigenvalue weighted by Crippen LogP contribution is -2.31. The summed E-state index contributed by atoms with van der Waals surface area (Å²) in [7, 11) is 4.55. The zero-order valence-electron chi connectivity index (χ0n) is 14.7. The molecule has 0 aliphatic carbocycles. The Bertz CT molecular complexity index is 624. The summed E-state index contributed by atoms with van der Waals surface area (Å²) in [6, 6.07) is 3.42. The highest BCUT2D eigenvalue weighted by Gasteiger charge is 2.18. The summed E-state index contributed by atoms with van der Waals surface area (Å²) in [4.78, 5) is 25.3. The van der Waals surface area contributed by atoms with Crippen molar-refractivity contribution in [2.24, 2.45) is 0 Å². The van der Waals surface area contributed by atoms with Gasteiger partial charge in [0.1, 0.15) is 0 Å². The minimum atomic E-state index is -0.582. The van der Waals surface area contributed by atoms with Gasteiger partial charge in [0.25, 0.3) is 5.91 Å². The Morgan fingerprint density at radius 3 is 2.16 bits per heavy atom. The summed E-state index contributed by atoms with van der Waals surface area (Å²) in [5.41, 5.74) is 0.678. The van der Waals surface area contributed by atoms with E-state index in [1.165, 1.54) is 27.4 Å². The third-order valence-electron chi connectivity index (χ3n) is 3.90. The van der Waals surface area contributed by atoms with Gasteiger partial charge >= 0.3 is 5.97 Å². The second kappa shape index (κ2) is 8.96. The molecule has 0 saturated carbocycles. The van der Waals surface area contributed by atoms with Crippen molar-refractivity contribution >= 4 is 18.0 Å². The Balaban J connectivity index is 1.98. The molecule has 0 N–H and O–H groups in total. The number of carbonyl (C=O) groups excluding carboxylic acids is 2. The molecule has 0 radical (unpaired) electrons. The average Bonchev–Trinajstić information content (AvgIpc) is 3.18. The van der Waals surface area contributed by atoms with Gasteiger partial charge < -0.3 is 23.8 Å². The van der Waals surface area contributed by atoms with Crippen molar-refractivity contribution < 1.29 is 28.5 Å². The van der Waals surface area contributed by atoms with Gasteiger partial charge in [-0.25, -0.2) is 4.79 Å². The van der Waals surface area contributed by atoms with Crippen LogP contribution in [0.1, 0.15) is 18.4 Å². The summed E-state index contributed by atoms with van der Waals surface area (Å²) in [6.45, 7) is 1.23. The van der Waals surface area contributed by atoms with Crippen molar-refractivity contribution in [2.75, 3.05) is 41.0 Å². The molecule has 2 rings (SSSR count). The number of rotatable bonds is 7. The lowest BCUT2D eigenvalue weighted by atomic mass is 10.1. The molecule has 25 heavy (non-hydrogen) atoms. The SMILES string of the molecule is COc1cc(/C=C/C(=O)OCC(=O)N2CCCC2)cc(OC)c1OC. The van der Waals surface area contributed by atoms with Gasteiger partial charge in [0, 0.05) is 19.2 Å². The zero-order chi connectivity index (χ0) is 18.2. The van der Waals surface area contributed by atoms with E-state index in [1.54, 1.807) is 23.1 Å². The van der Waals surface area contributed by atoms with Crippen LogP contribution >= 0.6 is 0 Å². The highest BCUT2D eigenvalue weighted by atomic mass is 16.5. The number of hydrogen-bond acceptors (Lipinski definition) is 6. The van der Waals surface area contributed by atoms with Gasteiger partial charge in [-0.05, 0) is 36.6 Å². The molecule has 1 fully saturated rings. The molecule has 1 amide bonds. The van der Waals surface area contributed by atoms with E-state index in [2.05, 4.69) is 0 Å². The highest BCUT2D eigenvalue weighted by molar-refractivity contribution is 5.89. The maximum Gasteiger partial charge on any atom is 0.331 e. The molecule has 0 bridgehead atoms. The molecule has 1 aromatic rings. The second-order valence-electron chi connectivity index (χ2n) is 5.49. The van der Waals surface area contributed by atoms with Crippen LogP contribution in [0.5, 0.6) is 17.2 Å². The number of hydrogen-bond donors (Lipinski definition) is 0. The number of ether oxygens (including phenoxy) is 4. The van der Waals surface area contributed by atoms with E-state index in [1.807, 2.05) is 0 Å². The number of benzene rings is 1. The van der Waals surface area contributed by atoms with Crippen molar-refractivity contribution in [3.63, 3.8) is 0 Å². The third kappa shape index (κ3) is 4.89. The predicted molar refractivity (Wildman–Crippen MR) is 91.9 cm³/mol. The van der Waals surface area contributed by atoms with Crippen molar-refractivity contribution in [3.05, 3.63) is 23.8 Å². The number of carbonyl (C=O) groups is 2. The molecular weight excluding hydrogens is 326 g/mol. The first kappa shape index (κ1) is 18.6. The summed E-state index contributed by atoms with van der Waals surface area (Å²) < 4.78 is 20.8. The number of esters is 1. The molecule has 0 aromatic heterocycles. The van der Waals surface area contributed by atoms with E-state index in [9.17, 15) is 9.59 Å². The number of amides is 1. The van der Waals surface area contributed by atoms with Gasteiger partial charge in [-0.2, -0.15) is 0 Å². The molecular formula is C18H23NO6. The molecule has 0 atom stereocenters. The van der Waals surface area contributed by atoms with Crippen LogP contribution in [0.15, 0.2) is 18.2 Å². The van der Waals surface area contributed by atoms with Gasteiger partial charge in [-0.3, -0.25) is 4.79 Å². The van der Waals surface area contributed by atoms with Crippen molar-refractivity contribution in [3.8, 4) is 17.2 Å². The topological polar surface area (TPSA) is 74.3 Å².